The summed E-state index contributed by atoms with van der Waals surface area (Å²) in [5.74, 6) is 0.968. The Balaban J connectivity index is 1.78. The van der Waals surface area contributed by atoms with Crippen LogP contribution >= 0.6 is 0 Å². The van der Waals surface area contributed by atoms with Gasteiger partial charge in [0.25, 0.3) is 0 Å². The molecule has 3 N–H and O–H groups in total. The van der Waals surface area contributed by atoms with Crippen LogP contribution in [0.2, 0.25) is 0 Å². The Morgan fingerprint density at radius 2 is 2.11 bits per heavy atom. The molecule has 0 aliphatic carbocycles. The highest BCUT2D eigenvalue weighted by Crippen LogP contribution is 2.18. The van der Waals surface area contributed by atoms with Gasteiger partial charge in [0.1, 0.15) is 0 Å². The maximum atomic E-state index is 6.03. The molecular weight excluding hydrogens is 242 g/mol. The van der Waals surface area contributed by atoms with Gasteiger partial charge in [-0.15, -0.1) is 0 Å². The van der Waals surface area contributed by atoms with Gasteiger partial charge in [-0.3, -0.25) is 0 Å². The molecule has 0 saturated carbocycles. The second-order valence-electron chi connectivity index (χ2n) is 4.19. The maximum absolute atomic E-state index is 6.03. The van der Waals surface area contributed by atoms with Crippen LogP contribution in [0.4, 0.5) is 0 Å². The van der Waals surface area contributed by atoms with Crippen LogP contribution in [-0.2, 0) is 6.42 Å². The van der Waals surface area contributed by atoms with E-state index < -0.39 is 0 Å². The van der Waals surface area contributed by atoms with E-state index in [4.69, 9.17) is 10.3 Å². The van der Waals surface area contributed by atoms with E-state index in [9.17, 15) is 0 Å². The van der Waals surface area contributed by atoms with Gasteiger partial charge in [0, 0.05) is 18.2 Å². The molecule has 1 atom stereocenters. The Hall–Kier alpha value is -2.47. The highest BCUT2D eigenvalue weighted by molar-refractivity contribution is 5.53. The lowest BCUT2D eigenvalue weighted by Crippen LogP contribution is -2.13. The third-order valence-electron chi connectivity index (χ3n) is 2.77. The molecule has 0 amide bonds. The summed E-state index contributed by atoms with van der Waals surface area (Å²) in [6.45, 7) is 0. The van der Waals surface area contributed by atoms with E-state index in [0.29, 0.717) is 18.1 Å². The van der Waals surface area contributed by atoms with Gasteiger partial charge in [0.15, 0.2) is 0 Å². The number of hydrogen-bond donors (Lipinski definition) is 2. The van der Waals surface area contributed by atoms with Crippen LogP contribution in [-0.4, -0.2) is 20.1 Å². The van der Waals surface area contributed by atoms with Crippen molar-refractivity contribution in [1.29, 1.82) is 0 Å². The van der Waals surface area contributed by atoms with Crippen molar-refractivity contribution in [2.24, 2.45) is 5.73 Å². The van der Waals surface area contributed by atoms with E-state index in [1.54, 1.807) is 12.5 Å². The standard InChI is InChI=1S/C13H13N5O/c14-11(6-10-7-15-8-16-10)13-17-12(18-19-13)9-4-2-1-3-5-9/h1-5,7-8,11H,6,14H2,(H,15,16)/t11-/m0/s1. The number of rotatable bonds is 4. The van der Waals surface area contributed by atoms with E-state index >= 15 is 0 Å². The van der Waals surface area contributed by atoms with E-state index in [2.05, 4.69) is 20.1 Å². The van der Waals surface area contributed by atoms with Crippen molar-refractivity contribution < 1.29 is 4.52 Å². The zero-order valence-corrected chi connectivity index (χ0v) is 10.2. The van der Waals surface area contributed by atoms with Crippen LogP contribution in [0, 0.1) is 0 Å². The first kappa shape index (κ1) is 11.6. The van der Waals surface area contributed by atoms with E-state index in [1.165, 1.54) is 0 Å². The van der Waals surface area contributed by atoms with Gasteiger partial charge < -0.3 is 15.2 Å². The Kier molecular flexibility index (Phi) is 3.07. The van der Waals surface area contributed by atoms with Crippen molar-refractivity contribution in [3.63, 3.8) is 0 Å². The molecule has 0 saturated heterocycles. The van der Waals surface area contributed by atoms with Crippen LogP contribution in [0.5, 0.6) is 0 Å². The Morgan fingerprint density at radius 3 is 2.84 bits per heavy atom. The SMILES string of the molecule is N[C@@H](Cc1c[nH]cn1)c1nc(-c2ccccc2)no1. The molecule has 6 heteroatoms. The first-order valence-electron chi connectivity index (χ1n) is 5.95. The summed E-state index contributed by atoms with van der Waals surface area (Å²) in [7, 11) is 0. The predicted molar refractivity (Wildman–Crippen MR) is 69.0 cm³/mol. The van der Waals surface area contributed by atoms with Crippen molar-refractivity contribution >= 4 is 0 Å². The average molecular weight is 255 g/mol. The maximum Gasteiger partial charge on any atom is 0.244 e. The molecule has 0 spiro atoms. The lowest BCUT2D eigenvalue weighted by Gasteiger charge is -2.02. The number of benzene rings is 1. The Morgan fingerprint density at radius 1 is 1.26 bits per heavy atom. The van der Waals surface area contributed by atoms with E-state index in [0.717, 1.165) is 11.3 Å². The van der Waals surface area contributed by atoms with Gasteiger partial charge in [-0.1, -0.05) is 35.5 Å². The molecule has 0 fully saturated rings. The van der Waals surface area contributed by atoms with Gasteiger partial charge >= 0.3 is 0 Å². The summed E-state index contributed by atoms with van der Waals surface area (Å²) < 4.78 is 5.21. The largest absolute Gasteiger partial charge is 0.351 e. The molecule has 96 valence electrons. The van der Waals surface area contributed by atoms with Crippen LogP contribution in [0.3, 0.4) is 0 Å². The fourth-order valence-corrected chi connectivity index (χ4v) is 1.81. The highest BCUT2D eigenvalue weighted by atomic mass is 16.5. The van der Waals surface area contributed by atoms with Crippen molar-refractivity contribution in [3.05, 3.63) is 54.4 Å². The number of nitrogens with two attached hydrogens (primary N) is 1. The molecule has 3 aromatic rings. The molecule has 0 aliphatic heterocycles. The quantitative estimate of drug-likeness (QED) is 0.740. The fourth-order valence-electron chi connectivity index (χ4n) is 1.81. The topological polar surface area (TPSA) is 93.6 Å². The minimum Gasteiger partial charge on any atom is -0.351 e. The lowest BCUT2D eigenvalue weighted by atomic mass is 10.2. The molecule has 2 aromatic heterocycles. The number of nitrogens with one attached hydrogen (secondary N) is 1. The molecule has 19 heavy (non-hydrogen) atoms. The molecule has 2 heterocycles. The highest BCUT2D eigenvalue weighted by Gasteiger charge is 2.16. The number of H-pyrrole nitrogens is 1. The van der Waals surface area contributed by atoms with Gasteiger partial charge in [0.05, 0.1) is 18.1 Å². The van der Waals surface area contributed by atoms with E-state index in [-0.39, 0.29) is 6.04 Å². The van der Waals surface area contributed by atoms with Crippen molar-refractivity contribution in [1.82, 2.24) is 20.1 Å². The van der Waals surface area contributed by atoms with E-state index in [1.807, 2.05) is 30.3 Å². The smallest absolute Gasteiger partial charge is 0.244 e. The Labute approximate surface area is 109 Å². The second kappa shape index (κ2) is 5.03. The summed E-state index contributed by atoms with van der Waals surface area (Å²) in [5.41, 5.74) is 7.80. The monoisotopic (exact) mass is 255 g/mol. The summed E-state index contributed by atoms with van der Waals surface area (Å²) in [6.07, 6.45) is 3.97. The van der Waals surface area contributed by atoms with Crippen molar-refractivity contribution in [3.8, 4) is 11.4 Å². The molecule has 1 aromatic carbocycles. The summed E-state index contributed by atoms with van der Waals surface area (Å²) in [6, 6.07) is 9.29. The molecule has 0 radical (unpaired) electrons. The number of hydrogen-bond acceptors (Lipinski definition) is 5. The van der Waals surface area contributed by atoms with Gasteiger partial charge in [-0.2, -0.15) is 4.98 Å². The Bertz CT molecular complexity index is 632. The molecular formula is C13H13N5O. The number of nitrogens with zero attached hydrogens (tertiary/aromatic N) is 3. The zero-order chi connectivity index (χ0) is 13.1. The summed E-state index contributed by atoms with van der Waals surface area (Å²) in [5, 5.41) is 3.94. The fraction of sp³-hybridized carbons (Fsp3) is 0.154. The average Bonchev–Trinajstić information content (AvgIpc) is 3.10. The summed E-state index contributed by atoms with van der Waals surface area (Å²) in [4.78, 5) is 11.3. The minimum absolute atomic E-state index is 0.353. The molecule has 3 rings (SSSR count). The normalized spacial score (nSPS) is 12.5. The second-order valence-corrected chi connectivity index (χ2v) is 4.19. The van der Waals surface area contributed by atoms with Crippen LogP contribution < -0.4 is 5.73 Å². The van der Waals surface area contributed by atoms with Gasteiger partial charge in [-0.25, -0.2) is 4.98 Å². The number of imidazole rings is 1. The third-order valence-corrected chi connectivity index (χ3v) is 2.77. The number of aromatic nitrogens is 4. The first-order chi connectivity index (χ1) is 9.33. The van der Waals surface area contributed by atoms with Crippen LogP contribution in [0.1, 0.15) is 17.6 Å². The molecule has 6 nitrogen and oxygen atoms in total. The van der Waals surface area contributed by atoms with Gasteiger partial charge in [0.2, 0.25) is 11.7 Å². The zero-order valence-electron chi connectivity index (χ0n) is 10.2. The van der Waals surface area contributed by atoms with Crippen molar-refractivity contribution in [2.45, 2.75) is 12.5 Å². The first-order valence-corrected chi connectivity index (χ1v) is 5.95. The van der Waals surface area contributed by atoms with Crippen LogP contribution in [0.15, 0.2) is 47.4 Å². The van der Waals surface area contributed by atoms with Crippen LogP contribution in [0.25, 0.3) is 11.4 Å². The summed E-state index contributed by atoms with van der Waals surface area (Å²) >= 11 is 0. The predicted octanol–water partition coefficient (Wildman–Crippen LogP) is 1.70. The number of aromatic amines is 1. The molecule has 0 unspecified atom stereocenters. The van der Waals surface area contributed by atoms with Gasteiger partial charge in [-0.05, 0) is 0 Å². The molecule has 0 bridgehead atoms. The van der Waals surface area contributed by atoms with Crippen molar-refractivity contribution in [2.75, 3.05) is 0 Å². The minimum atomic E-state index is -0.353. The molecule has 0 aliphatic rings. The third kappa shape index (κ3) is 2.53. The lowest BCUT2D eigenvalue weighted by molar-refractivity contribution is 0.354.